The first-order valence-corrected chi connectivity index (χ1v) is 9.26. The number of fused-ring (bicyclic) bond motifs is 1. The second-order valence-corrected chi connectivity index (χ2v) is 6.66. The van der Waals surface area contributed by atoms with Crippen molar-refractivity contribution in [1.29, 1.82) is 0 Å². The number of hydrogen-bond acceptors (Lipinski definition) is 3. The fourth-order valence-corrected chi connectivity index (χ4v) is 3.23. The standard InChI is InChI=1S/C24H17ClO3/c25-21-14-20-19(18-11-5-2-6-12-18)15-24(26)28-22(20)16-23(21)27-13-7-10-17-8-3-1-4-9-17/h1-12,14-16H,13H2. The molecule has 0 aliphatic carbocycles. The quantitative estimate of drug-likeness (QED) is 0.382. The molecule has 0 spiro atoms. The Hall–Kier alpha value is -3.30. The maximum atomic E-state index is 12.0. The van der Waals surface area contributed by atoms with Gasteiger partial charge in [-0.1, -0.05) is 78.3 Å². The van der Waals surface area contributed by atoms with E-state index in [0.29, 0.717) is 23.0 Å². The van der Waals surface area contributed by atoms with E-state index in [1.54, 1.807) is 12.1 Å². The average molecular weight is 389 g/mol. The molecule has 3 nitrogen and oxygen atoms in total. The lowest BCUT2D eigenvalue weighted by Gasteiger charge is -2.10. The summed E-state index contributed by atoms with van der Waals surface area (Å²) >= 11 is 6.43. The molecular formula is C24H17ClO3. The van der Waals surface area contributed by atoms with Crippen molar-refractivity contribution in [1.82, 2.24) is 0 Å². The van der Waals surface area contributed by atoms with Gasteiger partial charge in [0.2, 0.25) is 0 Å². The molecule has 3 aromatic carbocycles. The zero-order valence-electron chi connectivity index (χ0n) is 15.0. The summed E-state index contributed by atoms with van der Waals surface area (Å²) in [6, 6.07) is 24.6. The molecule has 0 aliphatic heterocycles. The van der Waals surface area contributed by atoms with E-state index in [0.717, 1.165) is 22.1 Å². The SMILES string of the molecule is O=c1cc(-c2ccccc2)c2cc(Cl)c(OCC=Cc3ccccc3)cc2o1. The van der Waals surface area contributed by atoms with Gasteiger partial charge in [-0.05, 0) is 28.8 Å². The number of halogens is 1. The molecule has 4 aromatic rings. The Balaban J connectivity index is 1.63. The minimum atomic E-state index is -0.413. The first-order valence-electron chi connectivity index (χ1n) is 8.88. The topological polar surface area (TPSA) is 39.4 Å². The van der Waals surface area contributed by atoms with Gasteiger partial charge in [0.15, 0.2) is 0 Å². The van der Waals surface area contributed by atoms with Crippen LogP contribution in [0.4, 0.5) is 0 Å². The summed E-state index contributed by atoms with van der Waals surface area (Å²) in [5.41, 5.74) is 2.83. The van der Waals surface area contributed by atoms with Crippen LogP contribution < -0.4 is 10.4 Å². The molecular weight excluding hydrogens is 372 g/mol. The van der Waals surface area contributed by atoms with Crippen molar-refractivity contribution < 1.29 is 9.15 Å². The van der Waals surface area contributed by atoms with Crippen LogP contribution in [0.25, 0.3) is 28.2 Å². The summed E-state index contributed by atoms with van der Waals surface area (Å²) in [5.74, 6) is 0.472. The Morgan fingerprint density at radius 3 is 2.39 bits per heavy atom. The van der Waals surface area contributed by atoms with Crippen LogP contribution in [0.15, 0.2) is 94.2 Å². The normalized spacial score (nSPS) is 11.2. The molecule has 0 aliphatic rings. The maximum absolute atomic E-state index is 12.0. The van der Waals surface area contributed by atoms with E-state index in [2.05, 4.69) is 0 Å². The van der Waals surface area contributed by atoms with E-state index in [9.17, 15) is 4.79 Å². The Morgan fingerprint density at radius 1 is 0.929 bits per heavy atom. The second-order valence-electron chi connectivity index (χ2n) is 6.25. The number of rotatable bonds is 5. The lowest BCUT2D eigenvalue weighted by Crippen LogP contribution is -2.00. The summed E-state index contributed by atoms with van der Waals surface area (Å²) < 4.78 is 11.2. The zero-order chi connectivity index (χ0) is 19.3. The Labute approximate surface area is 167 Å². The predicted octanol–water partition coefficient (Wildman–Crippen LogP) is 6.21. The molecule has 0 radical (unpaired) electrons. The van der Waals surface area contributed by atoms with E-state index in [-0.39, 0.29) is 0 Å². The van der Waals surface area contributed by atoms with Crippen LogP contribution in [0, 0.1) is 0 Å². The van der Waals surface area contributed by atoms with Crippen LogP contribution in [-0.2, 0) is 0 Å². The molecule has 0 amide bonds. The highest BCUT2D eigenvalue weighted by Gasteiger charge is 2.12. The fraction of sp³-hybridized carbons (Fsp3) is 0.0417. The lowest BCUT2D eigenvalue weighted by atomic mass is 10.0. The Morgan fingerprint density at radius 2 is 1.64 bits per heavy atom. The van der Waals surface area contributed by atoms with E-state index < -0.39 is 5.63 Å². The third-order valence-electron chi connectivity index (χ3n) is 4.33. The van der Waals surface area contributed by atoms with Crippen LogP contribution in [0.3, 0.4) is 0 Å². The smallest absolute Gasteiger partial charge is 0.336 e. The highest BCUT2D eigenvalue weighted by atomic mass is 35.5. The first-order chi connectivity index (χ1) is 13.7. The fourth-order valence-electron chi connectivity index (χ4n) is 3.02. The monoisotopic (exact) mass is 388 g/mol. The summed E-state index contributed by atoms with van der Waals surface area (Å²) in [6.07, 6.45) is 3.88. The molecule has 0 saturated carbocycles. The van der Waals surface area contributed by atoms with Crippen molar-refractivity contribution in [3.05, 3.63) is 106 Å². The third-order valence-corrected chi connectivity index (χ3v) is 4.62. The van der Waals surface area contributed by atoms with Gasteiger partial charge in [-0.25, -0.2) is 4.79 Å². The van der Waals surface area contributed by atoms with Crippen LogP contribution in [0.1, 0.15) is 5.56 Å². The van der Waals surface area contributed by atoms with Gasteiger partial charge >= 0.3 is 5.63 Å². The molecule has 138 valence electrons. The van der Waals surface area contributed by atoms with Gasteiger partial charge in [-0.15, -0.1) is 0 Å². The highest BCUT2D eigenvalue weighted by molar-refractivity contribution is 6.33. The van der Waals surface area contributed by atoms with E-state index in [1.165, 1.54) is 6.07 Å². The molecule has 4 heteroatoms. The molecule has 0 atom stereocenters. The molecule has 28 heavy (non-hydrogen) atoms. The van der Waals surface area contributed by atoms with Crippen LogP contribution in [-0.4, -0.2) is 6.61 Å². The van der Waals surface area contributed by atoms with E-state index in [4.69, 9.17) is 20.8 Å². The Bertz CT molecular complexity index is 1180. The molecule has 0 N–H and O–H groups in total. The molecule has 1 aromatic heterocycles. The summed E-state index contributed by atoms with van der Waals surface area (Å²) in [4.78, 5) is 12.0. The number of ether oxygens (including phenoxy) is 1. The van der Waals surface area contributed by atoms with Crippen molar-refractivity contribution in [3.8, 4) is 16.9 Å². The molecule has 1 heterocycles. The van der Waals surface area contributed by atoms with E-state index in [1.807, 2.05) is 72.8 Å². The largest absolute Gasteiger partial charge is 0.488 e. The molecule has 4 rings (SSSR count). The minimum absolute atomic E-state index is 0.350. The Kier molecular flexibility index (Phi) is 5.27. The van der Waals surface area contributed by atoms with E-state index >= 15 is 0 Å². The van der Waals surface area contributed by atoms with Crippen molar-refractivity contribution in [2.24, 2.45) is 0 Å². The number of benzene rings is 3. The predicted molar refractivity (Wildman–Crippen MR) is 114 cm³/mol. The highest BCUT2D eigenvalue weighted by Crippen LogP contribution is 2.34. The van der Waals surface area contributed by atoms with Gasteiger partial charge in [-0.3, -0.25) is 0 Å². The van der Waals surface area contributed by atoms with Crippen molar-refractivity contribution in [2.75, 3.05) is 6.61 Å². The van der Waals surface area contributed by atoms with Gasteiger partial charge < -0.3 is 9.15 Å². The number of hydrogen-bond donors (Lipinski definition) is 0. The summed E-state index contributed by atoms with van der Waals surface area (Å²) in [6.45, 7) is 0.350. The molecule has 0 bridgehead atoms. The lowest BCUT2D eigenvalue weighted by molar-refractivity contribution is 0.363. The van der Waals surface area contributed by atoms with Gasteiger partial charge in [-0.2, -0.15) is 0 Å². The maximum Gasteiger partial charge on any atom is 0.336 e. The minimum Gasteiger partial charge on any atom is -0.488 e. The molecule has 0 unspecified atom stereocenters. The van der Waals surface area contributed by atoms with Gasteiger partial charge in [0, 0.05) is 17.5 Å². The molecule has 0 fully saturated rings. The summed E-state index contributed by atoms with van der Waals surface area (Å²) in [7, 11) is 0. The van der Waals surface area contributed by atoms with Gasteiger partial charge in [0.05, 0.1) is 5.02 Å². The summed E-state index contributed by atoms with van der Waals surface area (Å²) in [5, 5.41) is 1.23. The van der Waals surface area contributed by atoms with Gasteiger partial charge in [0.1, 0.15) is 17.9 Å². The van der Waals surface area contributed by atoms with Crippen LogP contribution >= 0.6 is 11.6 Å². The van der Waals surface area contributed by atoms with Crippen LogP contribution in [0.2, 0.25) is 5.02 Å². The molecule has 0 saturated heterocycles. The zero-order valence-corrected chi connectivity index (χ0v) is 15.7. The van der Waals surface area contributed by atoms with Gasteiger partial charge in [0.25, 0.3) is 0 Å². The van der Waals surface area contributed by atoms with Crippen LogP contribution in [0.5, 0.6) is 5.75 Å². The van der Waals surface area contributed by atoms with Crippen molar-refractivity contribution in [3.63, 3.8) is 0 Å². The van der Waals surface area contributed by atoms with Crippen molar-refractivity contribution in [2.45, 2.75) is 0 Å². The van der Waals surface area contributed by atoms with Crippen molar-refractivity contribution >= 4 is 28.6 Å². The second kappa shape index (κ2) is 8.15. The average Bonchev–Trinajstić information content (AvgIpc) is 2.72. The third kappa shape index (κ3) is 4.00. The first kappa shape index (κ1) is 18.1.